The number of hydrogen-bond donors (Lipinski definition) is 1. The van der Waals surface area contributed by atoms with Crippen molar-refractivity contribution in [3.8, 4) is 5.75 Å². The molecule has 1 atom stereocenters. The van der Waals surface area contributed by atoms with Crippen molar-refractivity contribution in [2.24, 2.45) is 0 Å². The van der Waals surface area contributed by atoms with E-state index in [1.54, 1.807) is 30.3 Å². The van der Waals surface area contributed by atoms with Gasteiger partial charge >= 0.3 is 0 Å². The average molecular weight is 413 g/mol. The van der Waals surface area contributed by atoms with E-state index in [0.717, 1.165) is 4.47 Å². The number of furan rings is 1. The molecule has 1 aromatic carbocycles. The molecule has 0 aliphatic rings. The number of amides is 1. The number of nitrogens with one attached hydrogen (secondary N) is 1. The first kappa shape index (κ1) is 16.5. The highest BCUT2D eigenvalue weighted by Gasteiger charge is 2.36. The third-order valence-electron chi connectivity index (χ3n) is 2.37. The van der Waals surface area contributed by atoms with Crippen molar-refractivity contribution in [3.05, 3.63) is 52.9 Å². The molecule has 0 radical (unpaired) electrons. The summed E-state index contributed by atoms with van der Waals surface area (Å²) in [5.74, 6) is -0.0173. The zero-order valence-corrected chi connectivity index (χ0v) is 14.2. The fourth-order valence-electron chi connectivity index (χ4n) is 1.43. The Balaban J connectivity index is 2.12. The molecule has 21 heavy (non-hydrogen) atoms. The van der Waals surface area contributed by atoms with Crippen molar-refractivity contribution in [2.75, 3.05) is 0 Å². The summed E-state index contributed by atoms with van der Waals surface area (Å²) in [6.07, 6.45) is 0.191. The van der Waals surface area contributed by atoms with Crippen LogP contribution in [0.3, 0.4) is 0 Å². The van der Waals surface area contributed by atoms with Gasteiger partial charge in [0.25, 0.3) is 5.91 Å². The molecule has 1 aromatic heterocycles. The van der Waals surface area contributed by atoms with Gasteiger partial charge in [-0.25, -0.2) is 0 Å². The highest BCUT2D eigenvalue weighted by Crippen LogP contribution is 2.32. The van der Waals surface area contributed by atoms with Crippen LogP contribution in [-0.2, 0) is 0 Å². The summed E-state index contributed by atoms with van der Waals surface area (Å²) in [4.78, 5) is 11.9. The molecule has 4 nitrogen and oxygen atoms in total. The second-order valence-corrected chi connectivity index (χ2v) is 7.23. The molecule has 1 amide bonds. The van der Waals surface area contributed by atoms with Crippen LogP contribution in [0.25, 0.3) is 0 Å². The fourth-order valence-corrected chi connectivity index (χ4v) is 1.99. The Morgan fingerprint density at radius 3 is 2.43 bits per heavy atom. The van der Waals surface area contributed by atoms with Crippen LogP contribution in [0.1, 0.15) is 10.6 Å². The van der Waals surface area contributed by atoms with Crippen molar-refractivity contribution < 1.29 is 13.9 Å². The molecule has 112 valence electrons. The molecule has 1 heterocycles. The molecule has 2 rings (SSSR count). The number of benzene rings is 1. The molecule has 8 heteroatoms. The highest BCUT2D eigenvalue weighted by molar-refractivity contribution is 9.10. The van der Waals surface area contributed by atoms with Crippen molar-refractivity contribution >= 4 is 56.6 Å². The molecule has 1 N–H and O–H groups in total. The lowest BCUT2D eigenvalue weighted by atomic mass is 10.3. The fraction of sp³-hybridized carbons (Fsp3) is 0.154. The van der Waals surface area contributed by atoms with Gasteiger partial charge in [-0.1, -0.05) is 50.7 Å². The topological polar surface area (TPSA) is 51.5 Å². The minimum atomic E-state index is -1.85. The Kier molecular flexibility index (Phi) is 5.43. The molecular formula is C13H9BrCl3NO3. The van der Waals surface area contributed by atoms with Crippen molar-refractivity contribution in [1.82, 2.24) is 5.32 Å². The zero-order chi connectivity index (χ0) is 15.5. The third-order valence-corrected chi connectivity index (χ3v) is 3.50. The second kappa shape index (κ2) is 6.92. The Hall–Kier alpha value is -0.880. The van der Waals surface area contributed by atoms with Crippen LogP contribution in [0, 0.1) is 0 Å². The van der Waals surface area contributed by atoms with Crippen LogP contribution in [-0.4, -0.2) is 15.9 Å². The van der Waals surface area contributed by atoms with Crippen molar-refractivity contribution in [1.29, 1.82) is 0 Å². The summed E-state index contributed by atoms with van der Waals surface area (Å²) in [6.45, 7) is 0. The van der Waals surface area contributed by atoms with Gasteiger partial charge in [0.05, 0.1) is 6.26 Å². The standard InChI is InChI=1S/C13H9BrCl3NO3/c14-8-3-5-9(6-4-8)21-12(13(15,16)17)18-11(19)10-2-1-7-20-10/h1-7,12H,(H,18,19). The number of hydrogen-bond acceptors (Lipinski definition) is 3. The quantitative estimate of drug-likeness (QED) is 0.591. The van der Waals surface area contributed by atoms with Gasteiger partial charge in [-0.05, 0) is 36.4 Å². The van der Waals surface area contributed by atoms with Crippen LogP contribution in [0.15, 0.2) is 51.6 Å². The summed E-state index contributed by atoms with van der Waals surface area (Å²) in [7, 11) is 0. The number of ether oxygens (including phenoxy) is 1. The van der Waals surface area contributed by atoms with E-state index in [2.05, 4.69) is 21.2 Å². The van der Waals surface area contributed by atoms with Gasteiger partial charge < -0.3 is 14.5 Å². The van der Waals surface area contributed by atoms with E-state index < -0.39 is 15.9 Å². The summed E-state index contributed by atoms with van der Waals surface area (Å²) < 4.78 is 9.51. The van der Waals surface area contributed by atoms with Crippen LogP contribution < -0.4 is 10.1 Å². The van der Waals surface area contributed by atoms with E-state index in [1.165, 1.54) is 12.3 Å². The molecule has 0 spiro atoms. The Morgan fingerprint density at radius 1 is 1.24 bits per heavy atom. The summed E-state index contributed by atoms with van der Waals surface area (Å²) in [6, 6.07) is 9.94. The van der Waals surface area contributed by atoms with Crippen molar-refractivity contribution in [3.63, 3.8) is 0 Å². The maximum atomic E-state index is 11.9. The van der Waals surface area contributed by atoms with E-state index in [0.29, 0.717) is 5.75 Å². The predicted molar refractivity (Wildman–Crippen MR) is 85.0 cm³/mol. The third kappa shape index (κ3) is 4.81. The van der Waals surface area contributed by atoms with Gasteiger partial charge in [-0.15, -0.1) is 0 Å². The van der Waals surface area contributed by atoms with E-state index >= 15 is 0 Å². The lowest BCUT2D eigenvalue weighted by Crippen LogP contribution is -2.47. The zero-order valence-electron chi connectivity index (χ0n) is 10.4. The van der Waals surface area contributed by atoms with Gasteiger partial charge in [-0.3, -0.25) is 4.79 Å². The first-order chi connectivity index (χ1) is 9.86. The molecule has 0 aliphatic carbocycles. The largest absolute Gasteiger partial charge is 0.466 e. The smallest absolute Gasteiger partial charge is 0.289 e. The van der Waals surface area contributed by atoms with Gasteiger partial charge in [0.15, 0.2) is 5.76 Å². The first-order valence-corrected chi connectivity index (χ1v) is 7.62. The normalized spacial score (nSPS) is 12.8. The minimum absolute atomic E-state index is 0.0913. The van der Waals surface area contributed by atoms with Gasteiger partial charge in [0.2, 0.25) is 10.0 Å². The molecule has 1 unspecified atom stereocenters. The Labute approximate surface area is 144 Å². The predicted octanol–water partition coefficient (Wildman–Crippen LogP) is 4.55. The summed E-state index contributed by atoms with van der Waals surface area (Å²) in [5, 5.41) is 2.46. The maximum absolute atomic E-state index is 11.9. The molecule has 0 fully saturated rings. The second-order valence-electron chi connectivity index (χ2n) is 3.94. The maximum Gasteiger partial charge on any atom is 0.289 e. The minimum Gasteiger partial charge on any atom is -0.466 e. The molecule has 0 aliphatic heterocycles. The molecule has 0 saturated heterocycles. The monoisotopic (exact) mass is 411 g/mol. The number of rotatable bonds is 4. The Bertz CT molecular complexity index is 596. The number of halogens is 4. The van der Waals surface area contributed by atoms with Gasteiger partial charge in [0, 0.05) is 4.47 Å². The summed E-state index contributed by atoms with van der Waals surface area (Å²) >= 11 is 20.8. The number of carbonyl (C=O) groups is 1. The van der Waals surface area contributed by atoms with E-state index in [9.17, 15) is 4.79 Å². The van der Waals surface area contributed by atoms with E-state index in [-0.39, 0.29) is 5.76 Å². The Morgan fingerprint density at radius 2 is 1.90 bits per heavy atom. The highest BCUT2D eigenvalue weighted by atomic mass is 79.9. The van der Waals surface area contributed by atoms with Crippen LogP contribution in [0.5, 0.6) is 5.75 Å². The van der Waals surface area contributed by atoms with Gasteiger partial charge in [-0.2, -0.15) is 0 Å². The lowest BCUT2D eigenvalue weighted by Gasteiger charge is -2.25. The van der Waals surface area contributed by atoms with E-state index in [4.69, 9.17) is 44.0 Å². The van der Waals surface area contributed by atoms with Gasteiger partial charge in [0.1, 0.15) is 5.75 Å². The molecule has 2 aromatic rings. The lowest BCUT2D eigenvalue weighted by molar-refractivity contribution is 0.0805. The number of carbonyl (C=O) groups excluding carboxylic acids is 1. The van der Waals surface area contributed by atoms with Crippen LogP contribution in [0.4, 0.5) is 0 Å². The van der Waals surface area contributed by atoms with Crippen molar-refractivity contribution in [2.45, 2.75) is 10.0 Å². The number of alkyl halides is 3. The SMILES string of the molecule is O=C(NC(Oc1ccc(Br)cc1)C(Cl)(Cl)Cl)c1ccco1. The first-order valence-electron chi connectivity index (χ1n) is 5.69. The van der Waals surface area contributed by atoms with Crippen LogP contribution in [0.2, 0.25) is 0 Å². The van der Waals surface area contributed by atoms with E-state index in [1.807, 2.05) is 0 Å². The molecule has 0 saturated carbocycles. The molecule has 0 bridgehead atoms. The molecular weight excluding hydrogens is 404 g/mol. The van der Waals surface area contributed by atoms with Crippen LogP contribution >= 0.6 is 50.7 Å². The average Bonchev–Trinajstić information content (AvgIpc) is 2.93. The summed E-state index contributed by atoms with van der Waals surface area (Å²) in [5.41, 5.74) is 0.